The first kappa shape index (κ1) is 17.2. The predicted molar refractivity (Wildman–Crippen MR) is 82.5 cm³/mol. The lowest BCUT2D eigenvalue weighted by molar-refractivity contribution is -0.0720. The van der Waals surface area contributed by atoms with Gasteiger partial charge >= 0.3 is 0 Å². The van der Waals surface area contributed by atoms with Crippen molar-refractivity contribution in [1.29, 1.82) is 0 Å². The predicted octanol–water partition coefficient (Wildman–Crippen LogP) is 2.13. The third kappa shape index (κ3) is 3.72. The Hall–Kier alpha value is -1.60. The van der Waals surface area contributed by atoms with Crippen LogP contribution in [-0.2, 0) is 0 Å². The number of hydrogen-bond donors (Lipinski definition) is 1. The fraction of sp³-hybridized carbons (Fsp3) is 0.588. The van der Waals surface area contributed by atoms with Crippen molar-refractivity contribution in [2.24, 2.45) is 0 Å². The molecule has 0 radical (unpaired) electrons. The molecule has 132 valence electrons. The Morgan fingerprint density at radius 1 is 1.12 bits per heavy atom. The molecule has 0 spiro atoms. The number of alkyl halides is 2. The Kier molecular flexibility index (Phi) is 4.57. The van der Waals surface area contributed by atoms with Gasteiger partial charge in [0.25, 0.3) is 11.8 Å². The third-order valence-corrected chi connectivity index (χ3v) is 4.83. The molecule has 0 aliphatic carbocycles. The molecule has 2 saturated heterocycles. The van der Waals surface area contributed by atoms with E-state index in [0.717, 1.165) is 0 Å². The Balaban J connectivity index is 1.60. The van der Waals surface area contributed by atoms with Gasteiger partial charge in [0, 0.05) is 39.0 Å². The minimum Gasteiger partial charge on any atom is -0.387 e. The van der Waals surface area contributed by atoms with Crippen molar-refractivity contribution in [3.8, 4) is 0 Å². The molecule has 0 aromatic heterocycles. The molecular formula is C17H21F3N2O2. The Morgan fingerprint density at radius 2 is 1.79 bits per heavy atom. The number of β-amino-alcohol motifs (C(OH)–C–C–N with tert-alkyl or cyclic N) is 1. The summed E-state index contributed by atoms with van der Waals surface area (Å²) in [5, 5.41) is 10.7. The number of amides is 1. The zero-order chi connectivity index (χ0) is 17.4. The number of aliphatic hydroxyl groups is 1. The van der Waals surface area contributed by atoms with Gasteiger partial charge in [-0.3, -0.25) is 9.69 Å². The highest BCUT2D eigenvalue weighted by molar-refractivity contribution is 5.94. The molecule has 1 aromatic rings. The number of carbonyl (C=O) groups is 1. The summed E-state index contributed by atoms with van der Waals surface area (Å²) in [6.45, 7) is 1.14. The van der Waals surface area contributed by atoms with Crippen molar-refractivity contribution in [2.45, 2.75) is 30.8 Å². The highest BCUT2D eigenvalue weighted by atomic mass is 19.3. The minimum absolute atomic E-state index is 0.0145. The molecule has 2 heterocycles. The van der Waals surface area contributed by atoms with Crippen LogP contribution in [0, 0.1) is 5.82 Å². The normalized spacial score (nSPS) is 27.4. The maximum absolute atomic E-state index is 13.7. The number of rotatable bonds is 3. The number of piperidine rings is 1. The van der Waals surface area contributed by atoms with E-state index in [-0.39, 0.29) is 44.6 Å². The van der Waals surface area contributed by atoms with E-state index in [1.807, 2.05) is 4.90 Å². The number of nitrogens with zero attached hydrogens (tertiary/aromatic N) is 2. The zero-order valence-corrected chi connectivity index (χ0v) is 13.4. The summed E-state index contributed by atoms with van der Waals surface area (Å²) in [4.78, 5) is 15.6. The van der Waals surface area contributed by atoms with E-state index in [2.05, 4.69) is 0 Å². The average molecular weight is 342 g/mol. The van der Waals surface area contributed by atoms with Crippen LogP contribution in [0.3, 0.4) is 0 Å². The van der Waals surface area contributed by atoms with Crippen LogP contribution >= 0.6 is 0 Å². The minimum atomic E-state index is -2.62. The summed E-state index contributed by atoms with van der Waals surface area (Å²) in [6.07, 6.45) is -0.0536. The van der Waals surface area contributed by atoms with Gasteiger partial charge in [0.15, 0.2) is 0 Å². The highest BCUT2D eigenvalue weighted by Crippen LogP contribution is 2.30. The molecule has 1 amide bonds. The van der Waals surface area contributed by atoms with E-state index < -0.39 is 23.2 Å². The first-order valence-electron chi connectivity index (χ1n) is 8.14. The third-order valence-electron chi connectivity index (χ3n) is 4.83. The van der Waals surface area contributed by atoms with Crippen LogP contribution in [0.1, 0.15) is 29.6 Å². The molecule has 3 rings (SSSR count). The van der Waals surface area contributed by atoms with Crippen LogP contribution in [0.5, 0.6) is 0 Å². The standard InChI is InChI=1S/C17H21F3N2O2/c18-14-4-2-1-3-13(14)15(23)22-10-5-16(24,12-22)11-21-8-6-17(19,20)7-9-21/h1-4,24H,5-12H2/t16-/m1/s1. The molecule has 2 aliphatic rings. The van der Waals surface area contributed by atoms with Gasteiger partial charge in [0.2, 0.25) is 0 Å². The zero-order valence-electron chi connectivity index (χ0n) is 13.4. The fourth-order valence-corrected chi connectivity index (χ4v) is 3.42. The van der Waals surface area contributed by atoms with Gasteiger partial charge in [-0.05, 0) is 18.6 Å². The summed E-state index contributed by atoms with van der Waals surface area (Å²) in [5.41, 5.74) is -1.15. The molecule has 7 heteroatoms. The Morgan fingerprint density at radius 3 is 2.46 bits per heavy atom. The first-order valence-corrected chi connectivity index (χ1v) is 8.14. The van der Waals surface area contributed by atoms with Crippen LogP contribution in [0.4, 0.5) is 13.2 Å². The number of hydrogen-bond acceptors (Lipinski definition) is 3. The van der Waals surface area contributed by atoms with Gasteiger partial charge in [0.1, 0.15) is 5.82 Å². The average Bonchev–Trinajstić information content (AvgIpc) is 2.92. The molecule has 2 fully saturated rings. The van der Waals surface area contributed by atoms with E-state index in [0.29, 0.717) is 13.0 Å². The SMILES string of the molecule is O=C(c1ccccc1F)N1CC[C@@](O)(CN2CCC(F)(F)CC2)C1. The maximum atomic E-state index is 13.7. The van der Waals surface area contributed by atoms with E-state index in [1.165, 1.54) is 23.1 Å². The molecule has 1 N–H and O–H groups in total. The van der Waals surface area contributed by atoms with Crippen LogP contribution < -0.4 is 0 Å². The molecule has 1 aromatic carbocycles. The summed E-state index contributed by atoms with van der Waals surface area (Å²) < 4.78 is 40.1. The van der Waals surface area contributed by atoms with Crippen LogP contribution in [-0.4, -0.2) is 65.1 Å². The van der Waals surface area contributed by atoms with E-state index >= 15 is 0 Å². The monoisotopic (exact) mass is 342 g/mol. The van der Waals surface area contributed by atoms with Crippen molar-refractivity contribution in [1.82, 2.24) is 9.80 Å². The molecule has 0 saturated carbocycles. The molecule has 4 nitrogen and oxygen atoms in total. The second-order valence-electron chi connectivity index (χ2n) is 6.81. The lowest BCUT2D eigenvalue weighted by Crippen LogP contribution is -2.49. The van der Waals surface area contributed by atoms with Crippen molar-refractivity contribution >= 4 is 5.91 Å². The molecule has 24 heavy (non-hydrogen) atoms. The van der Waals surface area contributed by atoms with Crippen LogP contribution in [0.25, 0.3) is 0 Å². The molecule has 0 bridgehead atoms. The van der Waals surface area contributed by atoms with E-state index in [1.54, 1.807) is 6.07 Å². The number of carbonyl (C=O) groups excluding carboxylic acids is 1. The second kappa shape index (κ2) is 6.37. The summed E-state index contributed by atoms with van der Waals surface area (Å²) in [6, 6.07) is 5.75. The molecule has 2 aliphatic heterocycles. The Labute approximate surface area is 138 Å². The van der Waals surface area contributed by atoms with Crippen molar-refractivity contribution < 1.29 is 23.1 Å². The largest absolute Gasteiger partial charge is 0.387 e. The highest BCUT2D eigenvalue weighted by Gasteiger charge is 2.42. The van der Waals surface area contributed by atoms with Crippen LogP contribution in [0.15, 0.2) is 24.3 Å². The van der Waals surface area contributed by atoms with Gasteiger partial charge in [-0.1, -0.05) is 12.1 Å². The number of likely N-dealkylation sites (tertiary alicyclic amines) is 2. The van der Waals surface area contributed by atoms with Crippen molar-refractivity contribution in [3.05, 3.63) is 35.6 Å². The van der Waals surface area contributed by atoms with Gasteiger partial charge in [-0.25, -0.2) is 13.2 Å². The van der Waals surface area contributed by atoms with E-state index in [9.17, 15) is 23.1 Å². The summed E-state index contributed by atoms with van der Waals surface area (Å²) in [7, 11) is 0. The van der Waals surface area contributed by atoms with Crippen molar-refractivity contribution in [3.63, 3.8) is 0 Å². The van der Waals surface area contributed by atoms with Gasteiger partial charge in [-0.2, -0.15) is 0 Å². The van der Waals surface area contributed by atoms with Gasteiger partial charge in [-0.15, -0.1) is 0 Å². The van der Waals surface area contributed by atoms with Crippen molar-refractivity contribution in [2.75, 3.05) is 32.7 Å². The Bertz CT molecular complexity index is 616. The smallest absolute Gasteiger partial charge is 0.256 e. The lowest BCUT2D eigenvalue weighted by Gasteiger charge is -2.36. The maximum Gasteiger partial charge on any atom is 0.256 e. The van der Waals surface area contributed by atoms with E-state index in [4.69, 9.17) is 0 Å². The fourth-order valence-electron chi connectivity index (χ4n) is 3.42. The molecule has 1 atom stereocenters. The molecular weight excluding hydrogens is 321 g/mol. The lowest BCUT2D eigenvalue weighted by atomic mass is 10.00. The number of halogens is 3. The second-order valence-corrected chi connectivity index (χ2v) is 6.81. The summed E-state index contributed by atoms with van der Waals surface area (Å²) in [5.74, 6) is -3.66. The first-order chi connectivity index (χ1) is 11.3. The topological polar surface area (TPSA) is 43.8 Å². The quantitative estimate of drug-likeness (QED) is 0.915. The number of benzene rings is 1. The summed E-state index contributed by atoms with van der Waals surface area (Å²) >= 11 is 0. The van der Waals surface area contributed by atoms with Gasteiger partial charge in [0.05, 0.1) is 17.7 Å². The van der Waals surface area contributed by atoms with Gasteiger partial charge < -0.3 is 10.0 Å². The van der Waals surface area contributed by atoms with Crippen LogP contribution in [0.2, 0.25) is 0 Å². The molecule has 0 unspecified atom stereocenters.